The van der Waals surface area contributed by atoms with Crippen LogP contribution in [0.5, 0.6) is 5.75 Å². The topological polar surface area (TPSA) is 80.7 Å². The van der Waals surface area contributed by atoms with E-state index < -0.39 is 41.8 Å². The van der Waals surface area contributed by atoms with Crippen molar-refractivity contribution in [1.82, 2.24) is 10.3 Å². The Labute approximate surface area is 177 Å². The van der Waals surface area contributed by atoms with E-state index >= 15 is 0 Å². The number of ether oxygens (including phenoxy) is 2. The van der Waals surface area contributed by atoms with Gasteiger partial charge in [0.25, 0.3) is 6.43 Å². The van der Waals surface area contributed by atoms with E-state index in [-0.39, 0.29) is 22.0 Å². The molecule has 1 unspecified atom stereocenters. The zero-order valence-corrected chi connectivity index (χ0v) is 17.6. The number of nitrogens with zero attached hydrogens (tertiary/aromatic N) is 1. The molecular weight excluding hydrogens is 425 g/mol. The highest BCUT2D eigenvalue weighted by molar-refractivity contribution is 6.31. The van der Waals surface area contributed by atoms with Crippen LogP contribution in [0.25, 0.3) is 11.3 Å². The largest absolute Gasteiger partial charge is 0.494 e. The van der Waals surface area contributed by atoms with Gasteiger partial charge >= 0.3 is 6.09 Å². The van der Waals surface area contributed by atoms with Crippen LogP contribution in [0.15, 0.2) is 30.3 Å². The first-order valence-electron chi connectivity index (χ1n) is 8.85. The molecule has 2 N–H and O–H groups in total. The second-order valence-corrected chi connectivity index (χ2v) is 7.86. The SMILES string of the molecule is COc1ccc(C(O)(CNC(=O)OC(C)(C)C)C(F)F)nc1-c1ccc(F)c(Cl)c1. The lowest BCUT2D eigenvalue weighted by molar-refractivity contribution is -0.102. The number of carbonyl (C=O) groups excluding carboxylic acids is 1. The highest BCUT2D eigenvalue weighted by Crippen LogP contribution is 2.35. The summed E-state index contributed by atoms with van der Waals surface area (Å²) in [5, 5.41) is 12.6. The molecule has 30 heavy (non-hydrogen) atoms. The lowest BCUT2D eigenvalue weighted by atomic mass is 9.98. The summed E-state index contributed by atoms with van der Waals surface area (Å²) in [6.07, 6.45) is -4.27. The van der Waals surface area contributed by atoms with Crippen LogP contribution in [0.4, 0.5) is 18.0 Å². The molecule has 0 aliphatic heterocycles. The number of benzene rings is 1. The lowest BCUT2D eigenvalue weighted by Crippen LogP contribution is -2.47. The third-order valence-electron chi connectivity index (χ3n) is 3.98. The molecule has 10 heteroatoms. The number of aromatic nitrogens is 1. The van der Waals surface area contributed by atoms with Gasteiger partial charge in [-0.3, -0.25) is 0 Å². The van der Waals surface area contributed by atoms with Gasteiger partial charge in [-0.1, -0.05) is 11.6 Å². The van der Waals surface area contributed by atoms with Gasteiger partial charge in [0, 0.05) is 5.56 Å². The number of aliphatic hydroxyl groups is 1. The van der Waals surface area contributed by atoms with Crippen LogP contribution in [0.1, 0.15) is 26.5 Å². The number of hydrogen-bond donors (Lipinski definition) is 2. The fraction of sp³-hybridized carbons (Fsp3) is 0.400. The molecule has 0 saturated heterocycles. The van der Waals surface area contributed by atoms with Crippen molar-refractivity contribution in [1.29, 1.82) is 0 Å². The number of halogens is 4. The number of methoxy groups -OCH3 is 1. The minimum atomic E-state index is -3.29. The zero-order valence-electron chi connectivity index (χ0n) is 16.8. The Morgan fingerprint density at radius 3 is 2.47 bits per heavy atom. The first-order chi connectivity index (χ1) is 13.9. The summed E-state index contributed by atoms with van der Waals surface area (Å²) in [6, 6.07) is 6.17. The van der Waals surface area contributed by atoms with E-state index in [4.69, 9.17) is 21.1 Å². The second-order valence-electron chi connectivity index (χ2n) is 7.46. The maximum atomic E-state index is 13.8. The molecule has 1 heterocycles. The fourth-order valence-electron chi connectivity index (χ4n) is 2.50. The van der Waals surface area contributed by atoms with Crippen molar-refractivity contribution in [3.8, 4) is 17.0 Å². The van der Waals surface area contributed by atoms with Crippen LogP contribution in [-0.4, -0.2) is 41.9 Å². The molecule has 0 aliphatic carbocycles. The van der Waals surface area contributed by atoms with Crippen LogP contribution in [0, 0.1) is 5.82 Å². The number of rotatable bonds is 6. The van der Waals surface area contributed by atoms with Crippen molar-refractivity contribution in [2.24, 2.45) is 0 Å². The van der Waals surface area contributed by atoms with Crippen LogP contribution >= 0.6 is 11.6 Å². The highest BCUT2D eigenvalue weighted by atomic mass is 35.5. The molecule has 0 bridgehead atoms. The minimum Gasteiger partial charge on any atom is -0.494 e. The fourth-order valence-corrected chi connectivity index (χ4v) is 2.68. The number of hydrogen-bond acceptors (Lipinski definition) is 5. The first-order valence-corrected chi connectivity index (χ1v) is 9.23. The van der Waals surface area contributed by atoms with Gasteiger partial charge in [-0.15, -0.1) is 0 Å². The summed E-state index contributed by atoms with van der Waals surface area (Å²) in [5.74, 6) is -0.473. The van der Waals surface area contributed by atoms with Crippen molar-refractivity contribution >= 4 is 17.7 Å². The Bertz CT molecular complexity index is 921. The summed E-state index contributed by atoms with van der Waals surface area (Å²) in [4.78, 5) is 15.9. The molecule has 2 rings (SSSR count). The standard InChI is InChI=1S/C20H22ClF3N2O4/c1-19(2,3)30-18(27)25-10-20(28,17(23)24)15-8-7-14(29-4)16(26-15)11-5-6-13(22)12(21)9-11/h5-9,17,28H,10H2,1-4H3,(H,25,27). The summed E-state index contributed by atoms with van der Waals surface area (Å²) in [7, 11) is 1.34. The number of nitrogens with one attached hydrogen (secondary N) is 1. The van der Waals surface area contributed by atoms with E-state index in [1.54, 1.807) is 20.8 Å². The van der Waals surface area contributed by atoms with Crippen LogP contribution in [-0.2, 0) is 10.3 Å². The average Bonchev–Trinajstić information content (AvgIpc) is 2.66. The van der Waals surface area contributed by atoms with Crippen LogP contribution in [0.2, 0.25) is 5.02 Å². The summed E-state index contributed by atoms with van der Waals surface area (Å²) >= 11 is 5.80. The van der Waals surface area contributed by atoms with Gasteiger partial charge in [-0.05, 0) is 51.1 Å². The van der Waals surface area contributed by atoms with Crippen LogP contribution in [0.3, 0.4) is 0 Å². The number of alkyl halides is 2. The van der Waals surface area contributed by atoms with Gasteiger partial charge < -0.3 is 19.9 Å². The van der Waals surface area contributed by atoms with Gasteiger partial charge in [-0.25, -0.2) is 22.9 Å². The Morgan fingerprint density at radius 2 is 1.93 bits per heavy atom. The number of pyridine rings is 1. The van der Waals surface area contributed by atoms with Crippen LogP contribution < -0.4 is 10.1 Å². The highest BCUT2D eigenvalue weighted by Gasteiger charge is 2.42. The van der Waals surface area contributed by atoms with E-state index in [1.165, 1.54) is 25.3 Å². The maximum absolute atomic E-state index is 13.8. The predicted octanol–water partition coefficient (Wildman–Crippen LogP) is 4.53. The monoisotopic (exact) mass is 446 g/mol. The summed E-state index contributed by atoms with van der Waals surface area (Å²) < 4.78 is 51.3. The smallest absolute Gasteiger partial charge is 0.407 e. The average molecular weight is 447 g/mol. The number of carbonyl (C=O) groups is 1. The molecule has 1 aromatic carbocycles. The Kier molecular flexibility index (Phi) is 7.20. The predicted molar refractivity (Wildman–Crippen MR) is 105 cm³/mol. The molecule has 1 atom stereocenters. The minimum absolute atomic E-state index is 0.0632. The van der Waals surface area contributed by atoms with E-state index in [2.05, 4.69) is 10.3 Å². The molecular formula is C20H22ClF3N2O4. The van der Waals surface area contributed by atoms with Crippen molar-refractivity contribution in [3.63, 3.8) is 0 Å². The third kappa shape index (κ3) is 5.54. The first kappa shape index (κ1) is 23.8. The van der Waals surface area contributed by atoms with Gasteiger partial charge in [-0.2, -0.15) is 0 Å². The van der Waals surface area contributed by atoms with Gasteiger partial charge in [0.05, 0.1) is 24.4 Å². The van der Waals surface area contributed by atoms with Crippen molar-refractivity contribution in [2.75, 3.05) is 13.7 Å². The zero-order chi connectivity index (χ0) is 22.7. The number of alkyl carbamates (subject to hydrolysis) is 1. The maximum Gasteiger partial charge on any atom is 0.407 e. The van der Waals surface area contributed by atoms with Gasteiger partial charge in [0.15, 0.2) is 5.60 Å². The van der Waals surface area contributed by atoms with Gasteiger partial charge in [0.1, 0.15) is 22.9 Å². The van der Waals surface area contributed by atoms with Gasteiger partial charge in [0.2, 0.25) is 0 Å². The molecule has 1 aromatic heterocycles. The van der Waals surface area contributed by atoms with E-state index in [0.29, 0.717) is 0 Å². The molecule has 2 aromatic rings. The van der Waals surface area contributed by atoms with Crippen molar-refractivity contribution in [2.45, 2.75) is 38.4 Å². The summed E-state index contributed by atoms with van der Waals surface area (Å²) in [6.45, 7) is 3.97. The second kappa shape index (κ2) is 9.09. The Balaban J connectivity index is 2.42. The molecule has 0 aliphatic rings. The lowest BCUT2D eigenvalue weighted by Gasteiger charge is -2.28. The molecule has 0 saturated carbocycles. The van der Waals surface area contributed by atoms with E-state index in [9.17, 15) is 23.1 Å². The Hall–Kier alpha value is -2.52. The molecule has 0 spiro atoms. The molecule has 164 valence electrons. The molecule has 0 radical (unpaired) electrons. The summed E-state index contributed by atoms with van der Waals surface area (Å²) in [5.41, 5.74) is -3.74. The molecule has 1 amide bonds. The van der Waals surface area contributed by atoms with E-state index in [0.717, 1.165) is 12.1 Å². The quantitative estimate of drug-likeness (QED) is 0.681. The van der Waals surface area contributed by atoms with Crippen molar-refractivity contribution in [3.05, 3.63) is 46.9 Å². The normalized spacial score (nSPS) is 13.7. The molecule has 0 fully saturated rings. The Morgan fingerprint density at radius 1 is 1.27 bits per heavy atom. The van der Waals surface area contributed by atoms with Crippen molar-refractivity contribution < 1.29 is 32.5 Å². The number of amides is 1. The third-order valence-corrected chi connectivity index (χ3v) is 4.27. The van der Waals surface area contributed by atoms with E-state index in [1.807, 2.05) is 0 Å². The molecule has 6 nitrogen and oxygen atoms in total.